The highest BCUT2D eigenvalue weighted by molar-refractivity contribution is 5.10. The summed E-state index contributed by atoms with van der Waals surface area (Å²) in [6.07, 6.45) is 2.97. The third-order valence-corrected chi connectivity index (χ3v) is 1.78. The van der Waals surface area contributed by atoms with E-state index in [-0.39, 0.29) is 11.9 Å². The molecule has 0 aromatic heterocycles. The number of hydrogen-bond acceptors (Lipinski definition) is 2. The molecule has 0 N–H and O–H groups in total. The first-order valence-electron chi connectivity index (χ1n) is 3.92. The fourth-order valence-electron chi connectivity index (χ4n) is 1.46. The van der Waals surface area contributed by atoms with Crippen LogP contribution >= 0.6 is 0 Å². The van der Waals surface area contributed by atoms with Gasteiger partial charge in [-0.05, 0) is 20.8 Å². The largest absolute Gasteiger partial charge is 0.356 e. The maximum atomic E-state index is 5.59. The standard InChI is InChI=1S/C9H16O2/c1-7-5-8(10-4)11-9(2,3)6-7/h6,8H,5H2,1-4H3. The summed E-state index contributed by atoms with van der Waals surface area (Å²) in [7, 11) is 1.68. The second-order valence-electron chi connectivity index (χ2n) is 3.58. The van der Waals surface area contributed by atoms with Crippen LogP contribution in [-0.2, 0) is 9.47 Å². The topological polar surface area (TPSA) is 18.5 Å². The fraction of sp³-hybridized carbons (Fsp3) is 0.778. The van der Waals surface area contributed by atoms with Crippen molar-refractivity contribution < 1.29 is 9.47 Å². The van der Waals surface area contributed by atoms with Gasteiger partial charge in [-0.3, -0.25) is 0 Å². The lowest BCUT2D eigenvalue weighted by atomic mass is 10.0. The molecule has 0 spiro atoms. The highest BCUT2D eigenvalue weighted by Gasteiger charge is 2.26. The second kappa shape index (κ2) is 2.95. The summed E-state index contributed by atoms with van der Waals surface area (Å²) in [5, 5.41) is 0. The molecule has 1 atom stereocenters. The summed E-state index contributed by atoms with van der Waals surface area (Å²) in [6, 6.07) is 0. The van der Waals surface area contributed by atoms with Crippen molar-refractivity contribution in [3.05, 3.63) is 11.6 Å². The molecule has 1 unspecified atom stereocenters. The smallest absolute Gasteiger partial charge is 0.162 e. The van der Waals surface area contributed by atoms with E-state index in [9.17, 15) is 0 Å². The molecule has 0 bridgehead atoms. The van der Waals surface area contributed by atoms with Crippen molar-refractivity contribution in [3.8, 4) is 0 Å². The number of rotatable bonds is 1. The lowest BCUT2D eigenvalue weighted by Crippen LogP contribution is -2.34. The normalized spacial score (nSPS) is 29.8. The molecule has 1 aliphatic heterocycles. The van der Waals surface area contributed by atoms with Crippen molar-refractivity contribution >= 4 is 0 Å². The zero-order chi connectivity index (χ0) is 8.48. The van der Waals surface area contributed by atoms with Crippen molar-refractivity contribution in [2.75, 3.05) is 7.11 Å². The van der Waals surface area contributed by atoms with E-state index in [1.54, 1.807) is 7.11 Å². The summed E-state index contributed by atoms with van der Waals surface area (Å²) < 4.78 is 10.7. The van der Waals surface area contributed by atoms with Gasteiger partial charge in [-0.1, -0.05) is 11.6 Å². The maximum absolute atomic E-state index is 5.59. The van der Waals surface area contributed by atoms with Gasteiger partial charge in [0.05, 0.1) is 5.60 Å². The Morgan fingerprint density at radius 3 is 2.73 bits per heavy atom. The summed E-state index contributed by atoms with van der Waals surface area (Å²) in [6.45, 7) is 6.19. The van der Waals surface area contributed by atoms with Crippen LogP contribution in [0.2, 0.25) is 0 Å². The average molecular weight is 156 g/mol. The molecule has 0 amide bonds. The van der Waals surface area contributed by atoms with Gasteiger partial charge in [-0.2, -0.15) is 0 Å². The minimum atomic E-state index is -0.164. The minimum absolute atomic E-state index is 0.0602. The van der Waals surface area contributed by atoms with Crippen LogP contribution in [-0.4, -0.2) is 19.0 Å². The SMILES string of the molecule is COC1CC(C)=CC(C)(C)O1. The molecule has 2 nitrogen and oxygen atoms in total. The van der Waals surface area contributed by atoms with E-state index in [4.69, 9.17) is 9.47 Å². The zero-order valence-corrected chi connectivity index (χ0v) is 7.68. The first-order valence-corrected chi connectivity index (χ1v) is 3.92. The summed E-state index contributed by atoms with van der Waals surface area (Å²) in [5.41, 5.74) is 1.18. The van der Waals surface area contributed by atoms with Crippen LogP contribution < -0.4 is 0 Å². The number of hydrogen-bond donors (Lipinski definition) is 0. The molecule has 1 aliphatic rings. The second-order valence-corrected chi connectivity index (χ2v) is 3.58. The quantitative estimate of drug-likeness (QED) is 0.541. The summed E-state index contributed by atoms with van der Waals surface area (Å²) >= 11 is 0. The van der Waals surface area contributed by atoms with E-state index in [1.807, 2.05) is 13.8 Å². The fourth-order valence-corrected chi connectivity index (χ4v) is 1.46. The lowest BCUT2D eigenvalue weighted by molar-refractivity contribution is -0.177. The van der Waals surface area contributed by atoms with Crippen molar-refractivity contribution in [3.63, 3.8) is 0 Å². The van der Waals surface area contributed by atoms with Crippen LogP contribution in [0.15, 0.2) is 11.6 Å². The predicted molar refractivity (Wildman–Crippen MR) is 44.3 cm³/mol. The number of ether oxygens (including phenoxy) is 2. The maximum Gasteiger partial charge on any atom is 0.162 e. The van der Waals surface area contributed by atoms with Gasteiger partial charge >= 0.3 is 0 Å². The Balaban J connectivity index is 2.69. The van der Waals surface area contributed by atoms with Gasteiger partial charge in [0, 0.05) is 13.5 Å². The summed E-state index contributed by atoms with van der Waals surface area (Å²) in [4.78, 5) is 0. The van der Waals surface area contributed by atoms with Crippen LogP contribution in [0, 0.1) is 0 Å². The van der Waals surface area contributed by atoms with Gasteiger partial charge in [-0.15, -0.1) is 0 Å². The molecular formula is C9H16O2. The molecule has 1 rings (SSSR count). The third kappa shape index (κ3) is 2.31. The highest BCUT2D eigenvalue weighted by atomic mass is 16.7. The molecule has 2 heteroatoms. The van der Waals surface area contributed by atoms with Crippen LogP contribution in [0.1, 0.15) is 27.2 Å². The molecule has 0 aliphatic carbocycles. The Kier molecular flexibility index (Phi) is 2.35. The molecule has 64 valence electrons. The molecule has 0 saturated heterocycles. The van der Waals surface area contributed by atoms with Gasteiger partial charge in [0.15, 0.2) is 6.29 Å². The first-order chi connectivity index (χ1) is 5.03. The Bertz CT molecular complexity index is 170. The van der Waals surface area contributed by atoms with E-state index >= 15 is 0 Å². The first kappa shape index (κ1) is 8.75. The molecule has 0 saturated carbocycles. The molecule has 0 aromatic carbocycles. The summed E-state index contributed by atoms with van der Waals surface area (Å²) in [5.74, 6) is 0. The van der Waals surface area contributed by atoms with Crippen molar-refractivity contribution in [2.24, 2.45) is 0 Å². The van der Waals surface area contributed by atoms with E-state index in [0.29, 0.717) is 0 Å². The predicted octanol–water partition coefficient (Wildman–Crippen LogP) is 2.10. The van der Waals surface area contributed by atoms with Crippen LogP contribution in [0.4, 0.5) is 0 Å². The monoisotopic (exact) mass is 156 g/mol. The highest BCUT2D eigenvalue weighted by Crippen LogP contribution is 2.26. The minimum Gasteiger partial charge on any atom is -0.356 e. The molecule has 0 radical (unpaired) electrons. The van der Waals surface area contributed by atoms with E-state index in [1.165, 1.54) is 5.57 Å². The van der Waals surface area contributed by atoms with Gasteiger partial charge in [0.2, 0.25) is 0 Å². The van der Waals surface area contributed by atoms with Gasteiger partial charge in [0.1, 0.15) is 0 Å². The van der Waals surface area contributed by atoms with Gasteiger partial charge in [0.25, 0.3) is 0 Å². The third-order valence-electron chi connectivity index (χ3n) is 1.78. The molecule has 0 aromatic rings. The zero-order valence-electron chi connectivity index (χ0n) is 7.68. The van der Waals surface area contributed by atoms with E-state index in [2.05, 4.69) is 13.0 Å². The Morgan fingerprint density at radius 2 is 2.27 bits per heavy atom. The molecular weight excluding hydrogens is 140 g/mol. The molecule has 0 fully saturated rings. The van der Waals surface area contributed by atoms with Crippen molar-refractivity contribution in [1.82, 2.24) is 0 Å². The van der Waals surface area contributed by atoms with Crippen molar-refractivity contribution in [1.29, 1.82) is 0 Å². The van der Waals surface area contributed by atoms with E-state index < -0.39 is 0 Å². The average Bonchev–Trinajstić information content (AvgIpc) is 1.83. The van der Waals surface area contributed by atoms with Crippen LogP contribution in [0.5, 0.6) is 0 Å². The van der Waals surface area contributed by atoms with E-state index in [0.717, 1.165) is 6.42 Å². The van der Waals surface area contributed by atoms with Crippen LogP contribution in [0.3, 0.4) is 0 Å². The van der Waals surface area contributed by atoms with Crippen molar-refractivity contribution in [2.45, 2.75) is 39.1 Å². The Morgan fingerprint density at radius 1 is 1.64 bits per heavy atom. The van der Waals surface area contributed by atoms with Gasteiger partial charge in [-0.25, -0.2) is 0 Å². The molecule has 1 heterocycles. The Hall–Kier alpha value is -0.340. The number of methoxy groups -OCH3 is 1. The molecule has 11 heavy (non-hydrogen) atoms. The Labute approximate surface area is 68.2 Å². The lowest BCUT2D eigenvalue weighted by Gasteiger charge is -2.32. The van der Waals surface area contributed by atoms with Gasteiger partial charge < -0.3 is 9.47 Å². The van der Waals surface area contributed by atoms with Crippen LogP contribution in [0.25, 0.3) is 0 Å².